The van der Waals surface area contributed by atoms with Crippen LogP contribution in [0.1, 0.15) is 12.5 Å². The minimum absolute atomic E-state index is 0.344. The van der Waals surface area contributed by atoms with Gasteiger partial charge in [-0.25, -0.2) is 4.90 Å². The molecule has 0 N–H and O–H groups in total. The van der Waals surface area contributed by atoms with Gasteiger partial charge < -0.3 is 24.0 Å². The van der Waals surface area contributed by atoms with Gasteiger partial charge in [0.1, 0.15) is 22.9 Å². The molecule has 8 nitrogen and oxygen atoms in total. The largest absolute Gasteiger partial charge is 0.497 e. The number of likely N-dealkylation sites (N-methyl/N-ethyl adjacent to an activating group) is 1. The Bertz CT molecular complexity index is 1050. The average molecular weight is 452 g/mol. The molecular formula is C25H29N3O5. The van der Waals surface area contributed by atoms with Gasteiger partial charge in [-0.2, -0.15) is 0 Å². The molecule has 0 aliphatic carbocycles. The molecule has 0 atom stereocenters. The molecule has 1 fully saturated rings. The van der Waals surface area contributed by atoms with Gasteiger partial charge in [-0.05, 0) is 31.7 Å². The van der Waals surface area contributed by atoms with Crippen molar-refractivity contribution >= 4 is 23.1 Å². The van der Waals surface area contributed by atoms with E-state index < -0.39 is 0 Å². The first-order valence-corrected chi connectivity index (χ1v) is 11.0. The van der Waals surface area contributed by atoms with E-state index in [1.807, 2.05) is 36.1 Å². The van der Waals surface area contributed by atoms with Crippen LogP contribution in [0.25, 0.3) is 5.57 Å². The normalized spacial score (nSPS) is 17.1. The Morgan fingerprint density at radius 1 is 0.818 bits per heavy atom. The molecule has 4 rings (SSSR count). The molecule has 174 valence electrons. The summed E-state index contributed by atoms with van der Waals surface area (Å²) >= 11 is 0. The van der Waals surface area contributed by atoms with Crippen molar-refractivity contribution in [2.24, 2.45) is 0 Å². The van der Waals surface area contributed by atoms with Crippen molar-refractivity contribution in [3.63, 3.8) is 0 Å². The van der Waals surface area contributed by atoms with Crippen LogP contribution < -0.4 is 19.1 Å². The van der Waals surface area contributed by atoms with Gasteiger partial charge in [0, 0.05) is 44.4 Å². The van der Waals surface area contributed by atoms with Crippen molar-refractivity contribution in [1.29, 1.82) is 0 Å². The summed E-state index contributed by atoms with van der Waals surface area (Å²) in [4.78, 5) is 32.9. The van der Waals surface area contributed by atoms with E-state index in [1.165, 1.54) is 19.1 Å². The maximum Gasteiger partial charge on any atom is 0.282 e. The molecular weight excluding hydrogens is 422 g/mol. The van der Waals surface area contributed by atoms with Crippen LogP contribution in [0.15, 0.2) is 48.2 Å². The van der Waals surface area contributed by atoms with E-state index in [2.05, 4.69) is 11.9 Å². The molecule has 0 unspecified atom stereocenters. The highest BCUT2D eigenvalue weighted by molar-refractivity contribution is 6.45. The van der Waals surface area contributed by atoms with Gasteiger partial charge in [0.2, 0.25) is 0 Å². The lowest BCUT2D eigenvalue weighted by Crippen LogP contribution is -2.46. The lowest BCUT2D eigenvalue weighted by molar-refractivity contribution is -0.120. The number of ether oxygens (including phenoxy) is 3. The second kappa shape index (κ2) is 9.54. The molecule has 2 aliphatic rings. The molecule has 0 saturated carbocycles. The third kappa shape index (κ3) is 4.39. The molecule has 33 heavy (non-hydrogen) atoms. The highest BCUT2D eigenvalue weighted by Crippen LogP contribution is 2.38. The maximum atomic E-state index is 13.7. The topological polar surface area (TPSA) is 71.6 Å². The molecule has 2 aromatic rings. The Morgan fingerprint density at radius 2 is 1.42 bits per heavy atom. The highest BCUT2D eigenvalue weighted by Gasteiger charge is 2.43. The summed E-state index contributed by atoms with van der Waals surface area (Å²) in [6.45, 7) is 5.43. The molecule has 0 bridgehead atoms. The smallest absolute Gasteiger partial charge is 0.282 e. The third-order valence-electron chi connectivity index (χ3n) is 5.93. The van der Waals surface area contributed by atoms with Crippen LogP contribution in [-0.2, 0) is 9.59 Å². The molecule has 2 heterocycles. The first kappa shape index (κ1) is 22.7. The fourth-order valence-corrected chi connectivity index (χ4v) is 4.14. The van der Waals surface area contributed by atoms with Crippen molar-refractivity contribution in [2.75, 3.05) is 59.0 Å². The van der Waals surface area contributed by atoms with Gasteiger partial charge in [-0.1, -0.05) is 12.1 Å². The molecule has 8 heteroatoms. The van der Waals surface area contributed by atoms with E-state index in [0.717, 1.165) is 13.1 Å². The fraction of sp³-hybridized carbons (Fsp3) is 0.360. The van der Waals surface area contributed by atoms with Gasteiger partial charge in [0.15, 0.2) is 0 Å². The molecule has 0 radical (unpaired) electrons. The quantitative estimate of drug-likeness (QED) is 0.600. The van der Waals surface area contributed by atoms with Crippen LogP contribution >= 0.6 is 0 Å². The van der Waals surface area contributed by atoms with E-state index in [9.17, 15) is 9.59 Å². The zero-order chi connectivity index (χ0) is 23.5. The Hall–Kier alpha value is -3.52. The van der Waals surface area contributed by atoms with Crippen LogP contribution in [0, 0.1) is 0 Å². The van der Waals surface area contributed by atoms with Crippen molar-refractivity contribution in [2.45, 2.75) is 6.92 Å². The monoisotopic (exact) mass is 451 g/mol. The first-order valence-electron chi connectivity index (χ1n) is 11.0. The number of amides is 2. The summed E-state index contributed by atoms with van der Waals surface area (Å²) in [5.74, 6) is 1.01. The zero-order valence-corrected chi connectivity index (χ0v) is 19.5. The predicted molar refractivity (Wildman–Crippen MR) is 126 cm³/mol. The van der Waals surface area contributed by atoms with E-state index in [1.54, 1.807) is 18.2 Å². The molecule has 2 aromatic carbocycles. The number of hydrogen-bond acceptors (Lipinski definition) is 7. The molecule has 0 aromatic heterocycles. The zero-order valence-electron chi connectivity index (χ0n) is 19.5. The second-order valence-corrected chi connectivity index (χ2v) is 7.99. The third-order valence-corrected chi connectivity index (χ3v) is 5.93. The number of imide groups is 1. The number of benzene rings is 2. The van der Waals surface area contributed by atoms with Crippen LogP contribution in [0.4, 0.5) is 5.69 Å². The summed E-state index contributed by atoms with van der Waals surface area (Å²) in [7, 11) is 5.12. The van der Waals surface area contributed by atoms with Crippen LogP contribution in [0.5, 0.6) is 17.2 Å². The van der Waals surface area contributed by atoms with Gasteiger partial charge in [-0.3, -0.25) is 9.59 Å². The van der Waals surface area contributed by atoms with Crippen LogP contribution in [0.2, 0.25) is 0 Å². The number of hydrogen-bond donors (Lipinski definition) is 0. The highest BCUT2D eigenvalue weighted by atomic mass is 16.5. The summed E-state index contributed by atoms with van der Waals surface area (Å²) in [5.41, 5.74) is 1.92. The maximum absolute atomic E-state index is 13.7. The Labute approximate surface area is 193 Å². The second-order valence-electron chi connectivity index (χ2n) is 7.99. The standard InChI is InChI=1S/C25H29N3O5/c1-5-33-19-8-6-17(7-9-19)22-23(27-12-10-26(2)11-13-27)25(30)28(24(22)29)18-14-20(31-3)16-21(15-18)32-4/h6-9,14-16H,5,10-13H2,1-4H3. The van der Waals surface area contributed by atoms with Gasteiger partial charge >= 0.3 is 0 Å². The number of carbonyl (C=O) groups is 2. The lowest BCUT2D eigenvalue weighted by Gasteiger charge is -2.34. The number of carbonyl (C=O) groups excluding carboxylic acids is 2. The van der Waals surface area contributed by atoms with E-state index in [-0.39, 0.29) is 11.8 Å². The molecule has 1 saturated heterocycles. The van der Waals surface area contributed by atoms with Crippen molar-refractivity contribution in [3.8, 4) is 17.2 Å². The van der Waals surface area contributed by atoms with E-state index in [4.69, 9.17) is 14.2 Å². The predicted octanol–water partition coefficient (Wildman–Crippen LogP) is 2.63. The Kier molecular flexibility index (Phi) is 6.55. The van der Waals surface area contributed by atoms with E-state index >= 15 is 0 Å². The minimum Gasteiger partial charge on any atom is -0.497 e. The average Bonchev–Trinajstić information content (AvgIpc) is 3.09. The minimum atomic E-state index is -0.367. The molecule has 2 amide bonds. The molecule has 0 spiro atoms. The van der Waals surface area contributed by atoms with Crippen molar-refractivity contribution < 1.29 is 23.8 Å². The van der Waals surface area contributed by atoms with Crippen LogP contribution in [0.3, 0.4) is 0 Å². The summed E-state index contributed by atoms with van der Waals surface area (Å²) in [5, 5.41) is 0. The van der Waals surface area contributed by atoms with Crippen LogP contribution in [-0.4, -0.2) is 75.7 Å². The SMILES string of the molecule is CCOc1ccc(C2=C(N3CCN(C)CC3)C(=O)N(c3cc(OC)cc(OC)c3)C2=O)cc1. The van der Waals surface area contributed by atoms with Gasteiger partial charge in [0.05, 0.1) is 32.1 Å². The summed E-state index contributed by atoms with van der Waals surface area (Å²) < 4.78 is 16.3. The lowest BCUT2D eigenvalue weighted by atomic mass is 10.0. The molecule has 2 aliphatic heterocycles. The first-order chi connectivity index (χ1) is 16.0. The number of piperazine rings is 1. The number of methoxy groups -OCH3 is 2. The number of nitrogens with zero attached hydrogens (tertiary/aromatic N) is 3. The van der Waals surface area contributed by atoms with Gasteiger partial charge in [0.25, 0.3) is 11.8 Å². The van der Waals surface area contributed by atoms with Crippen molar-refractivity contribution in [3.05, 3.63) is 53.7 Å². The summed E-state index contributed by atoms with van der Waals surface area (Å²) in [6, 6.07) is 12.3. The van der Waals surface area contributed by atoms with Gasteiger partial charge in [-0.15, -0.1) is 0 Å². The number of anilines is 1. The van der Waals surface area contributed by atoms with E-state index in [0.29, 0.717) is 59.5 Å². The number of rotatable bonds is 7. The Morgan fingerprint density at radius 3 is 1.97 bits per heavy atom. The van der Waals surface area contributed by atoms with Crippen molar-refractivity contribution in [1.82, 2.24) is 9.80 Å². The fourth-order valence-electron chi connectivity index (χ4n) is 4.14. The Balaban J connectivity index is 1.79. The summed E-state index contributed by atoms with van der Waals surface area (Å²) in [6.07, 6.45) is 0.